The van der Waals surface area contributed by atoms with E-state index in [0.717, 1.165) is 32.3 Å². The SMILES string of the molecule is OC1CN(C2CCOC3(CCSCC3)C2)CC1O. The Morgan fingerprint density at radius 2 is 1.78 bits per heavy atom. The lowest BCUT2D eigenvalue weighted by molar-refractivity contribution is -0.109. The lowest BCUT2D eigenvalue weighted by Gasteiger charge is -2.45. The fraction of sp³-hybridized carbons (Fsp3) is 1.00. The summed E-state index contributed by atoms with van der Waals surface area (Å²) in [4.78, 5) is 2.27. The van der Waals surface area contributed by atoms with Gasteiger partial charge in [0.2, 0.25) is 0 Å². The van der Waals surface area contributed by atoms with Crippen LogP contribution in [0.1, 0.15) is 25.7 Å². The van der Waals surface area contributed by atoms with Crippen LogP contribution in [0.3, 0.4) is 0 Å². The Kier molecular flexibility index (Phi) is 3.87. The van der Waals surface area contributed by atoms with Crippen molar-refractivity contribution in [2.24, 2.45) is 0 Å². The Bertz CT molecular complexity index is 280. The van der Waals surface area contributed by atoms with Gasteiger partial charge in [-0.1, -0.05) is 0 Å². The van der Waals surface area contributed by atoms with Crippen molar-refractivity contribution in [3.63, 3.8) is 0 Å². The third-order valence-corrected chi connectivity index (χ3v) is 5.66. The predicted molar refractivity (Wildman–Crippen MR) is 71.9 cm³/mol. The van der Waals surface area contributed by atoms with Gasteiger partial charge in [-0.15, -0.1) is 0 Å². The number of hydrogen-bond donors (Lipinski definition) is 2. The van der Waals surface area contributed by atoms with E-state index >= 15 is 0 Å². The molecule has 3 fully saturated rings. The van der Waals surface area contributed by atoms with E-state index in [0.29, 0.717) is 19.1 Å². The first-order valence-corrected chi connectivity index (χ1v) is 8.16. The number of thioether (sulfide) groups is 1. The molecule has 3 unspecified atom stereocenters. The van der Waals surface area contributed by atoms with Crippen LogP contribution >= 0.6 is 11.8 Å². The van der Waals surface area contributed by atoms with Crippen molar-refractivity contribution in [1.29, 1.82) is 0 Å². The van der Waals surface area contributed by atoms with Crippen LogP contribution in [0.15, 0.2) is 0 Å². The molecule has 0 saturated carbocycles. The normalized spacial score (nSPS) is 41.3. The molecule has 0 amide bonds. The molecule has 0 radical (unpaired) electrons. The molecule has 4 nitrogen and oxygen atoms in total. The lowest BCUT2D eigenvalue weighted by atomic mass is 9.85. The molecule has 3 saturated heterocycles. The summed E-state index contributed by atoms with van der Waals surface area (Å²) in [5.41, 5.74) is 0.0899. The van der Waals surface area contributed by atoms with Crippen molar-refractivity contribution >= 4 is 11.8 Å². The molecule has 3 atom stereocenters. The third kappa shape index (κ3) is 2.56. The zero-order chi connectivity index (χ0) is 12.6. The van der Waals surface area contributed by atoms with E-state index in [-0.39, 0.29) is 5.60 Å². The van der Waals surface area contributed by atoms with Crippen molar-refractivity contribution in [1.82, 2.24) is 4.90 Å². The Hall–Kier alpha value is 0.190. The van der Waals surface area contributed by atoms with E-state index in [1.165, 1.54) is 11.5 Å². The van der Waals surface area contributed by atoms with Crippen molar-refractivity contribution < 1.29 is 14.9 Å². The van der Waals surface area contributed by atoms with Crippen LogP contribution in [0.4, 0.5) is 0 Å². The van der Waals surface area contributed by atoms with E-state index in [9.17, 15) is 10.2 Å². The van der Waals surface area contributed by atoms with E-state index < -0.39 is 12.2 Å². The molecule has 0 bridgehead atoms. The van der Waals surface area contributed by atoms with Crippen LogP contribution in [-0.4, -0.2) is 70.2 Å². The van der Waals surface area contributed by atoms with Crippen LogP contribution in [0, 0.1) is 0 Å². The monoisotopic (exact) mass is 273 g/mol. The Labute approximate surface area is 113 Å². The summed E-state index contributed by atoms with van der Waals surface area (Å²) in [7, 11) is 0. The third-order valence-electron chi connectivity index (χ3n) is 4.67. The molecule has 0 aromatic carbocycles. The summed E-state index contributed by atoms with van der Waals surface area (Å²) in [6.07, 6.45) is 3.30. The largest absolute Gasteiger partial charge is 0.389 e. The van der Waals surface area contributed by atoms with Gasteiger partial charge in [-0.05, 0) is 37.2 Å². The van der Waals surface area contributed by atoms with Gasteiger partial charge in [-0.25, -0.2) is 0 Å². The topological polar surface area (TPSA) is 52.9 Å². The quantitative estimate of drug-likeness (QED) is 0.727. The number of rotatable bonds is 1. The molecule has 1 spiro atoms. The minimum absolute atomic E-state index is 0.0899. The Morgan fingerprint density at radius 3 is 2.44 bits per heavy atom. The second kappa shape index (κ2) is 5.29. The molecule has 3 aliphatic rings. The standard InChI is InChI=1S/C13H23NO3S/c15-11-8-14(9-12(11)16)10-1-4-17-13(7-10)2-5-18-6-3-13/h10-12,15-16H,1-9H2. The fourth-order valence-electron chi connectivity index (χ4n) is 3.50. The molecule has 5 heteroatoms. The molecule has 3 aliphatic heterocycles. The van der Waals surface area contributed by atoms with Crippen LogP contribution < -0.4 is 0 Å². The van der Waals surface area contributed by atoms with Crippen molar-refractivity contribution in [2.75, 3.05) is 31.2 Å². The van der Waals surface area contributed by atoms with Crippen molar-refractivity contribution in [3.8, 4) is 0 Å². The number of β-amino-alcohol motifs (C(OH)–C–C–N with tert-alkyl or cyclic N) is 2. The number of likely N-dealkylation sites (tertiary alicyclic amines) is 1. The fourth-order valence-corrected chi connectivity index (χ4v) is 4.74. The first-order valence-electron chi connectivity index (χ1n) is 7.00. The van der Waals surface area contributed by atoms with Crippen LogP contribution in [0.2, 0.25) is 0 Å². The zero-order valence-corrected chi connectivity index (χ0v) is 11.6. The second-order valence-corrected chi connectivity index (χ2v) is 7.10. The van der Waals surface area contributed by atoms with Gasteiger partial charge in [-0.3, -0.25) is 4.90 Å². The first kappa shape index (κ1) is 13.2. The Morgan fingerprint density at radius 1 is 1.11 bits per heavy atom. The highest BCUT2D eigenvalue weighted by atomic mass is 32.2. The maximum atomic E-state index is 9.67. The average molecular weight is 273 g/mol. The smallest absolute Gasteiger partial charge is 0.0938 e. The maximum Gasteiger partial charge on any atom is 0.0938 e. The van der Waals surface area contributed by atoms with Crippen LogP contribution in [0.25, 0.3) is 0 Å². The van der Waals surface area contributed by atoms with Gasteiger partial charge in [0.1, 0.15) is 0 Å². The number of ether oxygens (including phenoxy) is 1. The Balaban J connectivity index is 1.63. The highest BCUT2D eigenvalue weighted by Crippen LogP contribution is 2.39. The summed E-state index contributed by atoms with van der Waals surface area (Å²) in [5.74, 6) is 2.41. The molecule has 2 N–H and O–H groups in total. The minimum atomic E-state index is -0.564. The van der Waals surface area contributed by atoms with Crippen molar-refractivity contribution in [3.05, 3.63) is 0 Å². The predicted octanol–water partition coefficient (Wildman–Crippen LogP) is 0.469. The molecule has 0 aliphatic carbocycles. The van der Waals surface area contributed by atoms with Gasteiger partial charge in [0.25, 0.3) is 0 Å². The van der Waals surface area contributed by atoms with Gasteiger partial charge in [-0.2, -0.15) is 11.8 Å². The molecular weight excluding hydrogens is 250 g/mol. The number of hydrogen-bond acceptors (Lipinski definition) is 5. The number of aliphatic hydroxyl groups is 2. The summed E-state index contributed by atoms with van der Waals surface area (Å²) in [5, 5.41) is 19.3. The maximum absolute atomic E-state index is 9.67. The first-order chi connectivity index (χ1) is 8.69. The van der Waals surface area contributed by atoms with E-state index in [4.69, 9.17) is 4.74 Å². The number of nitrogens with zero attached hydrogens (tertiary/aromatic N) is 1. The van der Waals surface area contributed by atoms with Gasteiger partial charge >= 0.3 is 0 Å². The van der Waals surface area contributed by atoms with E-state index in [1.807, 2.05) is 11.8 Å². The molecule has 3 rings (SSSR count). The van der Waals surface area contributed by atoms with E-state index in [2.05, 4.69) is 4.90 Å². The summed E-state index contributed by atoms with van der Waals surface area (Å²) in [6, 6.07) is 0.480. The molecule has 104 valence electrons. The van der Waals surface area contributed by atoms with Crippen LogP contribution in [0.5, 0.6) is 0 Å². The summed E-state index contributed by atoms with van der Waals surface area (Å²) in [6.45, 7) is 2.07. The summed E-state index contributed by atoms with van der Waals surface area (Å²) >= 11 is 2.02. The van der Waals surface area contributed by atoms with Gasteiger partial charge < -0.3 is 14.9 Å². The molecule has 3 heterocycles. The molecular formula is C13H23NO3S. The van der Waals surface area contributed by atoms with Gasteiger partial charge in [0, 0.05) is 25.7 Å². The van der Waals surface area contributed by atoms with Crippen LogP contribution in [-0.2, 0) is 4.74 Å². The average Bonchev–Trinajstić information content (AvgIpc) is 2.71. The van der Waals surface area contributed by atoms with E-state index in [1.54, 1.807) is 0 Å². The molecule has 0 aromatic rings. The second-order valence-electron chi connectivity index (χ2n) is 5.88. The minimum Gasteiger partial charge on any atom is -0.389 e. The summed E-state index contributed by atoms with van der Waals surface area (Å²) < 4.78 is 6.08. The molecule has 18 heavy (non-hydrogen) atoms. The number of aliphatic hydroxyl groups excluding tert-OH is 2. The van der Waals surface area contributed by atoms with Gasteiger partial charge in [0.05, 0.1) is 17.8 Å². The van der Waals surface area contributed by atoms with Crippen molar-refractivity contribution in [2.45, 2.75) is 49.5 Å². The zero-order valence-electron chi connectivity index (χ0n) is 10.8. The van der Waals surface area contributed by atoms with Gasteiger partial charge in [0.15, 0.2) is 0 Å². The highest BCUT2D eigenvalue weighted by Gasteiger charge is 2.43. The highest BCUT2D eigenvalue weighted by molar-refractivity contribution is 7.99. The lowest BCUT2D eigenvalue weighted by Crippen LogP contribution is -2.50. The molecule has 0 aromatic heterocycles.